The number of carbonyl (C=O) groups excluding carboxylic acids is 3. The first kappa shape index (κ1) is 26.1. The highest BCUT2D eigenvalue weighted by molar-refractivity contribution is 5.98. The van der Waals surface area contributed by atoms with Gasteiger partial charge in [-0.15, -0.1) is 18.3 Å². The number of carbonyl (C=O) groups is 3. The molecular formula is C27H33N5O6. The van der Waals surface area contributed by atoms with Gasteiger partial charge in [0, 0.05) is 13.1 Å². The molecule has 2 unspecified atom stereocenters. The van der Waals surface area contributed by atoms with Crippen molar-refractivity contribution in [1.82, 2.24) is 24.8 Å². The number of benzene rings is 1. The zero-order valence-electron chi connectivity index (χ0n) is 21.3. The van der Waals surface area contributed by atoms with Crippen molar-refractivity contribution in [2.75, 3.05) is 26.3 Å². The number of allylic oxidation sites excluding steroid dienone is 1. The molecule has 11 nitrogen and oxygen atoms in total. The van der Waals surface area contributed by atoms with E-state index >= 15 is 0 Å². The maximum Gasteiger partial charge on any atom is 0.312 e. The van der Waals surface area contributed by atoms with Gasteiger partial charge in [0.2, 0.25) is 11.8 Å². The second-order valence-corrected chi connectivity index (χ2v) is 9.98. The number of likely N-dealkylation sites (tertiary alicyclic amines) is 1. The van der Waals surface area contributed by atoms with E-state index in [0.29, 0.717) is 31.2 Å². The Bertz CT molecular complexity index is 1250. The highest BCUT2D eigenvalue weighted by atomic mass is 16.6. The molecule has 3 fully saturated rings. The standard InChI is InChI=1S/C27H33N5O6/c1-3-5-8-16-37-26(36)21-20-11-12-27(38-20)22(21)24(34)31(14-15-33)23(27)25(35)30(13-4-2)17-32-19-10-7-6-9-18(19)28-29-32/h3-4,6-7,9-10,20-23,33H,1-2,5,8,11-17H2/t20-,21+,22-,23?,27?/m0/s1. The van der Waals surface area contributed by atoms with E-state index in [9.17, 15) is 19.5 Å². The first-order chi connectivity index (χ1) is 18.5. The lowest BCUT2D eigenvalue weighted by Gasteiger charge is -2.36. The zero-order chi connectivity index (χ0) is 26.9. The largest absolute Gasteiger partial charge is 0.465 e. The Kier molecular flexibility index (Phi) is 7.31. The number of unbranched alkanes of at least 4 members (excludes halogenated alkanes) is 1. The van der Waals surface area contributed by atoms with Crippen LogP contribution in [0.15, 0.2) is 49.6 Å². The average Bonchev–Trinajstić information content (AvgIpc) is 3.66. The lowest BCUT2D eigenvalue weighted by Crippen LogP contribution is -2.56. The van der Waals surface area contributed by atoms with Crippen molar-refractivity contribution in [3.05, 3.63) is 49.6 Å². The van der Waals surface area contributed by atoms with Crippen molar-refractivity contribution in [2.24, 2.45) is 11.8 Å². The number of esters is 1. The van der Waals surface area contributed by atoms with Crippen molar-refractivity contribution in [3.63, 3.8) is 0 Å². The van der Waals surface area contributed by atoms with Gasteiger partial charge in [-0.25, -0.2) is 4.68 Å². The summed E-state index contributed by atoms with van der Waals surface area (Å²) in [5.74, 6) is -2.82. The zero-order valence-corrected chi connectivity index (χ0v) is 21.3. The SMILES string of the molecule is C=CCCCOC(=O)[C@@H]1[C@@H]2CCC3(O2)C(C(=O)N(CC=C)Cn2nnc4ccccc42)N(CCO)C(=O)[C@H]13. The van der Waals surface area contributed by atoms with E-state index < -0.39 is 35.6 Å². The van der Waals surface area contributed by atoms with E-state index in [4.69, 9.17) is 9.47 Å². The average molecular weight is 524 g/mol. The quantitative estimate of drug-likeness (QED) is 0.250. The minimum absolute atomic E-state index is 0.0448. The fraction of sp³-hybridized carbons (Fsp3) is 0.519. The third-order valence-corrected chi connectivity index (χ3v) is 7.83. The number of β-amino-alcohol motifs (C(OH)–C–C–N with tert-alkyl or cyclic N) is 1. The maximum absolute atomic E-state index is 14.2. The van der Waals surface area contributed by atoms with Crippen LogP contribution in [0.25, 0.3) is 11.0 Å². The molecule has 1 aromatic carbocycles. The van der Waals surface area contributed by atoms with E-state index in [1.165, 1.54) is 4.90 Å². The first-order valence-electron chi connectivity index (χ1n) is 13.0. The van der Waals surface area contributed by atoms with Crippen molar-refractivity contribution < 1.29 is 29.0 Å². The Morgan fingerprint density at radius 1 is 1.29 bits per heavy atom. The van der Waals surface area contributed by atoms with Crippen LogP contribution in [-0.2, 0) is 30.5 Å². The molecule has 0 aliphatic carbocycles. The summed E-state index contributed by atoms with van der Waals surface area (Å²) in [7, 11) is 0. The van der Waals surface area contributed by atoms with Crippen LogP contribution in [-0.4, -0.2) is 91.7 Å². The number of aromatic nitrogens is 3. The van der Waals surface area contributed by atoms with E-state index in [-0.39, 0.29) is 44.8 Å². The van der Waals surface area contributed by atoms with Crippen molar-refractivity contribution in [2.45, 2.75) is 50.1 Å². The van der Waals surface area contributed by atoms with Crippen LogP contribution in [0.5, 0.6) is 0 Å². The molecule has 0 saturated carbocycles. The molecule has 1 aromatic heterocycles. The van der Waals surface area contributed by atoms with E-state index in [1.807, 2.05) is 24.3 Å². The van der Waals surface area contributed by atoms with Crippen LogP contribution >= 0.6 is 0 Å². The predicted molar refractivity (Wildman–Crippen MR) is 136 cm³/mol. The Morgan fingerprint density at radius 3 is 2.87 bits per heavy atom. The number of rotatable bonds is 12. The molecule has 2 aromatic rings. The molecule has 3 aliphatic rings. The molecule has 38 heavy (non-hydrogen) atoms. The predicted octanol–water partition coefficient (Wildman–Crippen LogP) is 1.28. The van der Waals surface area contributed by atoms with Crippen molar-refractivity contribution >= 4 is 28.8 Å². The Morgan fingerprint density at radius 2 is 2.11 bits per heavy atom. The number of amides is 2. The maximum atomic E-state index is 14.2. The first-order valence-corrected chi connectivity index (χ1v) is 13.0. The summed E-state index contributed by atoms with van der Waals surface area (Å²) >= 11 is 0. The molecule has 2 amide bonds. The summed E-state index contributed by atoms with van der Waals surface area (Å²) in [6.07, 6.45) is 5.23. The van der Waals surface area contributed by atoms with Gasteiger partial charge in [-0.05, 0) is 37.8 Å². The normalized spacial score (nSPS) is 27.5. The Balaban J connectivity index is 1.44. The van der Waals surface area contributed by atoms with Gasteiger partial charge in [0.05, 0.1) is 36.7 Å². The Hall–Kier alpha value is -3.57. The summed E-state index contributed by atoms with van der Waals surface area (Å²) in [5.41, 5.74) is 0.294. The molecule has 1 N–H and O–H groups in total. The number of ether oxygens (including phenoxy) is 2. The number of hydrogen-bond acceptors (Lipinski definition) is 8. The third kappa shape index (κ3) is 4.19. The fourth-order valence-electron chi connectivity index (χ4n) is 6.27. The van der Waals surface area contributed by atoms with E-state index in [0.717, 1.165) is 5.52 Å². The van der Waals surface area contributed by atoms with Gasteiger partial charge in [0.15, 0.2) is 0 Å². The fourth-order valence-corrected chi connectivity index (χ4v) is 6.27. The van der Waals surface area contributed by atoms with Crippen molar-refractivity contribution in [1.29, 1.82) is 0 Å². The van der Waals surface area contributed by atoms with E-state index in [1.54, 1.807) is 21.7 Å². The summed E-state index contributed by atoms with van der Waals surface area (Å²) < 4.78 is 13.5. The number of aliphatic hydroxyl groups is 1. The van der Waals surface area contributed by atoms with Gasteiger partial charge >= 0.3 is 5.97 Å². The summed E-state index contributed by atoms with van der Waals surface area (Å²) in [5, 5.41) is 18.2. The molecule has 2 bridgehead atoms. The molecule has 3 aliphatic heterocycles. The van der Waals surface area contributed by atoms with Gasteiger partial charge in [0.25, 0.3) is 0 Å². The molecule has 3 saturated heterocycles. The second-order valence-electron chi connectivity index (χ2n) is 9.98. The molecule has 5 atom stereocenters. The molecule has 11 heteroatoms. The lowest BCUT2D eigenvalue weighted by atomic mass is 9.70. The van der Waals surface area contributed by atoms with Crippen LogP contribution in [0.4, 0.5) is 0 Å². The topological polar surface area (TPSA) is 127 Å². The Labute approximate surface area is 220 Å². The molecular weight excluding hydrogens is 490 g/mol. The number of para-hydroxylation sites is 1. The van der Waals surface area contributed by atoms with Crippen molar-refractivity contribution in [3.8, 4) is 0 Å². The van der Waals surface area contributed by atoms with Crippen LogP contribution in [0.3, 0.4) is 0 Å². The molecule has 202 valence electrons. The number of aliphatic hydroxyl groups excluding tert-OH is 1. The van der Waals surface area contributed by atoms with Crippen LogP contribution in [0, 0.1) is 11.8 Å². The molecule has 1 spiro atoms. The highest BCUT2D eigenvalue weighted by Crippen LogP contribution is 2.58. The van der Waals surface area contributed by atoms with Crippen LogP contribution in [0.1, 0.15) is 25.7 Å². The summed E-state index contributed by atoms with van der Waals surface area (Å²) in [4.78, 5) is 44.0. The number of hydrogen-bond donors (Lipinski definition) is 1. The lowest BCUT2D eigenvalue weighted by molar-refractivity contribution is -0.155. The minimum Gasteiger partial charge on any atom is -0.465 e. The monoisotopic (exact) mass is 523 g/mol. The van der Waals surface area contributed by atoms with Gasteiger partial charge < -0.3 is 24.4 Å². The minimum atomic E-state index is -1.16. The smallest absolute Gasteiger partial charge is 0.312 e. The number of fused-ring (bicyclic) bond motifs is 2. The van der Waals surface area contributed by atoms with Crippen LogP contribution in [0.2, 0.25) is 0 Å². The number of nitrogens with zero attached hydrogens (tertiary/aromatic N) is 5. The van der Waals surface area contributed by atoms with Gasteiger partial charge in [-0.3, -0.25) is 14.4 Å². The molecule has 5 rings (SSSR count). The second kappa shape index (κ2) is 10.7. The molecule has 4 heterocycles. The van der Waals surface area contributed by atoms with Gasteiger partial charge in [0.1, 0.15) is 23.8 Å². The van der Waals surface area contributed by atoms with E-state index in [2.05, 4.69) is 23.5 Å². The third-order valence-electron chi connectivity index (χ3n) is 7.83. The molecule has 0 radical (unpaired) electrons. The van der Waals surface area contributed by atoms with Gasteiger partial charge in [-0.2, -0.15) is 0 Å². The summed E-state index contributed by atoms with van der Waals surface area (Å²) in [6.45, 7) is 7.61. The summed E-state index contributed by atoms with van der Waals surface area (Å²) in [6, 6.07) is 6.43. The van der Waals surface area contributed by atoms with Crippen LogP contribution < -0.4 is 0 Å². The van der Waals surface area contributed by atoms with Gasteiger partial charge in [-0.1, -0.05) is 29.5 Å². The highest BCUT2D eigenvalue weighted by Gasteiger charge is 2.75.